The number of anilines is 1. The van der Waals surface area contributed by atoms with Crippen LogP contribution in [0.4, 0.5) is 11.5 Å². The van der Waals surface area contributed by atoms with Crippen molar-refractivity contribution >= 4 is 27.4 Å². The van der Waals surface area contributed by atoms with Crippen LogP contribution in [0.25, 0.3) is 0 Å². The van der Waals surface area contributed by atoms with E-state index >= 15 is 0 Å². The summed E-state index contributed by atoms with van der Waals surface area (Å²) >= 11 is 3.40. The number of aromatic nitrogens is 2. The molecule has 0 fully saturated rings. The fourth-order valence-electron chi connectivity index (χ4n) is 1.69. The summed E-state index contributed by atoms with van der Waals surface area (Å²) < 4.78 is 6.36. The van der Waals surface area contributed by atoms with Crippen molar-refractivity contribution in [2.75, 3.05) is 11.9 Å². The molecular weight excluding hydrogens is 340 g/mol. The number of nitrogens with one attached hydrogen (secondary N) is 1. The summed E-state index contributed by atoms with van der Waals surface area (Å²) in [6, 6.07) is 7.48. The molecule has 2 aromatic rings. The van der Waals surface area contributed by atoms with Gasteiger partial charge >= 0.3 is 5.69 Å². The first kappa shape index (κ1) is 15.2. The molecule has 1 heterocycles. The predicted molar refractivity (Wildman–Crippen MR) is 81.3 cm³/mol. The van der Waals surface area contributed by atoms with Gasteiger partial charge in [-0.2, -0.15) is 4.98 Å². The molecule has 8 heteroatoms. The summed E-state index contributed by atoms with van der Waals surface area (Å²) in [5.74, 6) is 0.0985. The first-order valence-electron chi connectivity index (χ1n) is 6.23. The summed E-state index contributed by atoms with van der Waals surface area (Å²) in [5.41, 5.74) is 0.613. The monoisotopic (exact) mass is 352 g/mol. The standard InChI is InChI=1S/C13H13BrN4O3/c1-2-15-12-11(18(19)20)13(17-8-16-12)21-7-9-5-3-4-6-10(9)14/h3-6,8H,2,7H2,1H3,(H,15,16,17). The highest BCUT2D eigenvalue weighted by molar-refractivity contribution is 9.10. The molecule has 0 unspecified atom stereocenters. The van der Waals surface area contributed by atoms with Gasteiger partial charge in [-0.05, 0) is 13.0 Å². The molecule has 0 atom stereocenters. The van der Waals surface area contributed by atoms with E-state index in [2.05, 4.69) is 31.2 Å². The molecule has 0 radical (unpaired) electrons. The van der Waals surface area contributed by atoms with Gasteiger partial charge in [-0.3, -0.25) is 10.1 Å². The number of hydrogen-bond donors (Lipinski definition) is 1. The molecular formula is C13H13BrN4O3. The van der Waals surface area contributed by atoms with E-state index in [1.54, 1.807) is 0 Å². The van der Waals surface area contributed by atoms with Gasteiger partial charge < -0.3 is 10.1 Å². The number of halogens is 1. The average molecular weight is 353 g/mol. The van der Waals surface area contributed by atoms with E-state index in [4.69, 9.17) is 4.74 Å². The van der Waals surface area contributed by atoms with Crippen LogP contribution in [0.2, 0.25) is 0 Å². The minimum absolute atomic E-state index is 0.0540. The zero-order chi connectivity index (χ0) is 15.2. The highest BCUT2D eigenvalue weighted by atomic mass is 79.9. The Bertz CT molecular complexity index is 651. The van der Waals surface area contributed by atoms with Gasteiger partial charge in [0, 0.05) is 16.6 Å². The molecule has 0 saturated heterocycles. The molecule has 0 bridgehead atoms. The largest absolute Gasteiger partial charge is 0.468 e. The molecule has 1 aromatic carbocycles. The zero-order valence-electron chi connectivity index (χ0n) is 11.2. The Hall–Kier alpha value is -2.22. The van der Waals surface area contributed by atoms with Crippen LogP contribution in [0.3, 0.4) is 0 Å². The number of hydrogen-bond acceptors (Lipinski definition) is 6. The highest BCUT2D eigenvalue weighted by Gasteiger charge is 2.24. The molecule has 0 spiro atoms. The third kappa shape index (κ3) is 3.66. The molecule has 7 nitrogen and oxygen atoms in total. The Morgan fingerprint density at radius 3 is 2.81 bits per heavy atom. The van der Waals surface area contributed by atoms with Crippen molar-refractivity contribution in [3.8, 4) is 5.88 Å². The van der Waals surface area contributed by atoms with Crippen molar-refractivity contribution in [2.24, 2.45) is 0 Å². The minimum Gasteiger partial charge on any atom is -0.468 e. The summed E-state index contributed by atoms with van der Waals surface area (Å²) in [7, 11) is 0. The molecule has 0 amide bonds. The summed E-state index contributed by atoms with van der Waals surface area (Å²) in [6.45, 7) is 2.51. The van der Waals surface area contributed by atoms with Crippen molar-refractivity contribution in [3.63, 3.8) is 0 Å². The Labute approximate surface area is 129 Å². The van der Waals surface area contributed by atoms with Crippen LogP contribution in [-0.4, -0.2) is 21.4 Å². The summed E-state index contributed by atoms with van der Waals surface area (Å²) in [4.78, 5) is 18.4. The van der Waals surface area contributed by atoms with E-state index in [1.165, 1.54) is 6.33 Å². The van der Waals surface area contributed by atoms with E-state index in [1.807, 2.05) is 31.2 Å². The summed E-state index contributed by atoms with van der Waals surface area (Å²) in [5, 5.41) is 14.0. The van der Waals surface area contributed by atoms with Gasteiger partial charge in [-0.1, -0.05) is 34.1 Å². The minimum atomic E-state index is -0.548. The SMILES string of the molecule is CCNc1ncnc(OCc2ccccc2Br)c1[N+](=O)[O-]. The molecule has 2 rings (SSSR count). The van der Waals surface area contributed by atoms with Gasteiger partial charge in [-0.15, -0.1) is 0 Å². The molecule has 21 heavy (non-hydrogen) atoms. The third-order valence-electron chi connectivity index (χ3n) is 2.64. The van der Waals surface area contributed by atoms with Crippen LogP contribution >= 0.6 is 15.9 Å². The van der Waals surface area contributed by atoms with E-state index in [9.17, 15) is 10.1 Å². The van der Waals surface area contributed by atoms with Crippen LogP contribution in [-0.2, 0) is 6.61 Å². The Morgan fingerprint density at radius 1 is 1.38 bits per heavy atom. The van der Waals surface area contributed by atoms with E-state index < -0.39 is 4.92 Å². The second-order valence-electron chi connectivity index (χ2n) is 4.04. The van der Waals surface area contributed by atoms with Gasteiger partial charge in [0.15, 0.2) is 0 Å². The van der Waals surface area contributed by atoms with Crippen LogP contribution < -0.4 is 10.1 Å². The Morgan fingerprint density at radius 2 is 2.14 bits per heavy atom. The van der Waals surface area contributed by atoms with Crippen LogP contribution in [0.15, 0.2) is 35.1 Å². The van der Waals surface area contributed by atoms with Crippen LogP contribution in [0, 0.1) is 10.1 Å². The molecule has 0 aliphatic carbocycles. The van der Waals surface area contributed by atoms with Gasteiger partial charge in [0.2, 0.25) is 5.82 Å². The Kier molecular flexibility index (Phi) is 5.04. The second-order valence-corrected chi connectivity index (χ2v) is 4.90. The lowest BCUT2D eigenvalue weighted by molar-refractivity contribution is -0.385. The van der Waals surface area contributed by atoms with Crippen molar-refractivity contribution in [1.82, 2.24) is 9.97 Å². The normalized spacial score (nSPS) is 10.2. The van der Waals surface area contributed by atoms with Gasteiger partial charge in [0.1, 0.15) is 12.9 Å². The topological polar surface area (TPSA) is 90.2 Å². The lowest BCUT2D eigenvalue weighted by Gasteiger charge is -2.09. The van der Waals surface area contributed by atoms with Gasteiger partial charge in [0.05, 0.1) is 4.92 Å². The number of rotatable bonds is 6. The van der Waals surface area contributed by atoms with E-state index in [0.29, 0.717) is 6.54 Å². The summed E-state index contributed by atoms with van der Waals surface area (Å²) in [6.07, 6.45) is 1.24. The molecule has 0 aliphatic rings. The lowest BCUT2D eigenvalue weighted by Crippen LogP contribution is -2.07. The zero-order valence-corrected chi connectivity index (χ0v) is 12.8. The maximum absolute atomic E-state index is 11.2. The fourth-order valence-corrected chi connectivity index (χ4v) is 2.09. The quantitative estimate of drug-likeness (QED) is 0.634. The highest BCUT2D eigenvalue weighted by Crippen LogP contribution is 2.31. The van der Waals surface area contributed by atoms with Crippen LogP contribution in [0.1, 0.15) is 12.5 Å². The lowest BCUT2D eigenvalue weighted by atomic mass is 10.2. The van der Waals surface area contributed by atoms with Crippen molar-refractivity contribution in [3.05, 3.63) is 50.7 Å². The average Bonchev–Trinajstić information content (AvgIpc) is 2.46. The molecule has 1 aromatic heterocycles. The molecule has 1 N–H and O–H groups in total. The molecule has 0 aliphatic heterocycles. The second kappa shape index (κ2) is 6.98. The van der Waals surface area contributed by atoms with Gasteiger partial charge in [0.25, 0.3) is 5.88 Å². The Balaban J connectivity index is 2.25. The van der Waals surface area contributed by atoms with E-state index in [-0.39, 0.29) is 24.0 Å². The maximum Gasteiger partial charge on any atom is 0.372 e. The first-order chi connectivity index (χ1) is 10.1. The molecule has 110 valence electrons. The number of nitrogens with zero attached hydrogens (tertiary/aromatic N) is 3. The smallest absolute Gasteiger partial charge is 0.372 e. The van der Waals surface area contributed by atoms with Gasteiger partial charge in [-0.25, -0.2) is 4.98 Å². The fraction of sp³-hybridized carbons (Fsp3) is 0.231. The number of ether oxygens (including phenoxy) is 1. The first-order valence-corrected chi connectivity index (χ1v) is 7.02. The van der Waals surface area contributed by atoms with Crippen molar-refractivity contribution in [1.29, 1.82) is 0 Å². The van der Waals surface area contributed by atoms with E-state index in [0.717, 1.165) is 10.0 Å². The number of nitro groups is 1. The third-order valence-corrected chi connectivity index (χ3v) is 3.41. The van der Waals surface area contributed by atoms with Crippen molar-refractivity contribution < 1.29 is 9.66 Å². The van der Waals surface area contributed by atoms with Crippen molar-refractivity contribution in [2.45, 2.75) is 13.5 Å². The molecule has 0 saturated carbocycles. The predicted octanol–water partition coefficient (Wildman–Crippen LogP) is 3.16. The number of benzene rings is 1. The maximum atomic E-state index is 11.2. The van der Waals surface area contributed by atoms with Crippen LogP contribution in [0.5, 0.6) is 5.88 Å².